The van der Waals surface area contributed by atoms with E-state index in [2.05, 4.69) is 45.1 Å². The Balaban J connectivity index is 4.21. The minimum atomic E-state index is -0.766. The van der Waals surface area contributed by atoms with Crippen LogP contribution in [-0.4, -0.2) is 37.2 Å². The number of carbonyl (C=O) groups excluding carboxylic acids is 3. The molecule has 0 fully saturated rings. The monoisotopic (exact) mass is 985 g/mol. The summed E-state index contributed by atoms with van der Waals surface area (Å²) in [6.07, 6.45) is 70.4. The summed E-state index contributed by atoms with van der Waals surface area (Å²) in [5.41, 5.74) is 0. The van der Waals surface area contributed by atoms with Gasteiger partial charge in [-0.15, -0.1) is 0 Å². The van der Waals surface area contributed by atoms with Crippen LogP contribution in [0.5, 0.6) is 0 Å². The number of hydrogen-bond acceptors (Lipinski definition) is 6. The van der Waals surface area contributed by atoms with Gasteiger partial charge in [-0.05, 0) is 51.4 Å². The largest absolute Gasteiger partial charge is 0.462 e. The van der Waals surface area contributed by atoms with Crippen LogP contribution in [0.3, 0.4) is 0 Å². The zero-order valence-electron chi connectivity index (χ0n) is 47.3. The molecule has 0 saturated heterocycles. The highest BCUT2D eigenvalue weighted by Crippen LogP contribution is 2.18. The molecule has 0 aliphatic heterocycles. The Hall–Kier alpha value is -2.11. The first-order valence-electron chi connectivity index (χ1n) is 31.3. The molecule has 0 bridgehead atoms. The van der Waals surface area contributed by atoms with E-state index in [-0.39, 0.29) is 31.1 Å². The Morgan fingerprint density at radius 1 is 0.286 bits per heavy atom. The van der Waals surface area contributed by atoms with E-state index in [4.69, 9.17) is 14.2 Å². The third-order valence-electron chi connectivity index (χ3n) is 14.2. The van der Waals surface area contributed by atoms with Gasteiger partial charge in [-0.25, -0.2) is 0 Å². The average molecular weight is 986 g/mol. The maximum atomic E-state index is 12.9. The lowest BCUT2D eigenvalue weighted by Crippen LogP contribution is -2.30. The normalized spacial score (nSPS) is 12.1. The molecular weight excluding hydrogens is 865 g/mol. The number of allylic oxidation sites excluding steroid dienone is 4. The van der Waals surface area contributed by atoms with Crippen LogP contribution in [0.1, 0.15) is 348 Å². The van der Waals surface area contributed by atoms with Gasteiger partial charge in [-0.3, -0.25) is 14.4 Å². The highest BCUT2D eigenvalue weighted by atomic mass is 16.6. The highest BCUT2D eigenvalue weighted by Gasteiger charge is 2.19. The van der Waals surface area contributed by atoms with Crippen molar-refractivity contribution in [2.24, 2.45) is 0 Å². The molecule has 0 aromatic rings. The molecule has 0 aliphatic rings. The van der Waals surface area contributed by atoms with Crippen molar-refractivity contribution in [1.29, 1.82) is 0 Å². The van der Waals surface area contributed by atoms with Crippen LogP contribution in [0.25, 0.3) is 0 Å². The van der Waals surface area contributed by atoms with Gasteiger partial charge in [0, 0.05) is 19.3 Å². The summed E-state index contributed by atoms with van der Waals surface area (Å²) in [6.45, 7) is 6.68. The first kappa shape index (κ1) is 67.9. The molecule has 0 N–H and O–H groups in total. The number of hydrogen-bond donors (Lipinski definition) is 0. The van der Waals surface area contributed by atoms with Crippen LogP contribution in [-0.2, 0) is 28.6 Å². The number of unbranched alkanes of at least 4 members (excludes halogenated alkanes) is 43. The van der Waals surface area contributed by atoms with Gasteiger partial charge in [0.05, 0.1) is 0 Å². The molecule has 0 saturated carbocycles. The Bertz CT molecular complexity index is 1130. The molecule has 0 aromatic carbocycles. The highest BCUT2D eigenvalue weighted by molar-refractivity contribution is 5.71. The fraction of sp³-hybridized carbons (Fsp3) is 0.891. The molecular formula is C64H120O6. The van der Waals surface area contributed by atoms with Crippen molar-refractivity contribution in [2.45, 2.75) is 354 Å². The molecule has 0 heterocycles. The predicted octanol–water partition coefficient (Wildman–Crippen LogP) is 21.1. The predicted molar refractivity (Wildman–Crippen MR) is 303 cm³/mol. The number of ether oxygens (including phenoxy) is 3. The van der Waals surface area contributed by atoms with Crippen molar-refractivity contribution in [3.05, 3.63) is 24.3 Å². The van der Waals surface area contributed by atoms with Gasteiger partial charge >= 0.3 is 17.9 Å². The van der Waals surface area contributed by atoms with E-state index in [1.54, 1.807) is 0 Å². The zero-order chi connectivity index (χ0) is 50.7. The summed E-state index contributed by atoms with van der Waals surface area (Å²) in [5.74, 6) is -0.844. The second-order valence-electron chi connectivity index (χ2n) is 21.3. The molecule has 6 heteroatoms. The van der Waals surface area contributed by atoms with Crippen LogP contribution in [0.15, 0.2) is 24.3 Å². The molecule has 0 aromatic heterocycles. The molecule has 0 radical (unpaired) electrons. The second-order valence-corrected chi connectivity index (χ2v) is 21.3. The Labute approximate surface area is 436 Å². The van der Waals surface area contributed by atoms with E-state index in [1.807, 2.05) is 0 Å². The van der Waals surface area contributed by atoms with Crippen LogP contribution >= 0.6 is 0 Å². The minimum Gasteiger partial charge on any atom is -0.462 e. The van der Waals surface area contributed by atoms with E-state index in [0.29, 0.717) is 19.3 Å². The van der Waals surface area contributed by atoms with E-state index < -0.39 is 6.10 Å². The minimum absolute atomic E-state index is 0.0659. The topological polar surface area (TPSA) is 78.9 Å². The van der Waals surface area contributed by atoms with Gasteiger partial charge in [0.15, 0.2) is 6.10 Å². The van der Waals surface area contributed by atoms with E-state index >= 15 is 0 Å². The van der Waals surface area contributed by atoms with Gasteiger partial charge in [-0.2, -0.15) is 0 Å². The SMILES string of the molecule is CCCCCCC/C=C\C/C=C\CCCCCCCCCCCCCC(=O)OCC(COC(=O)CCCCCCCCCCCC)OC(=O)CCCCCCCCCCCCCCCCCCCCC. The fourth-order valence-corrected chi connectivity index (χ4v) is 9.48. The van der Waals surface area contributed by atoms with Gasteiger partial charge in [0.25, 0.3) is 0 Å². The summed E-state index contributed by atoms with van der Waals surface area (Å²) < 4.78 is 16.9. The summed E-state index contributed by atoms with van der Waals surface area (Å²) in [7, 11) is 0. The Morgan fingerprint density at radius 3 is 0.786 bits per heavy atom. The molecule has 1 atom stereocenters. The summed E-state index contributed by atoms with van der Waals surface area (Å²) in [4.78, 5) is 38.2. The van der Waals surface area contributed by atoms with Crippen molar-refractivity contribution in [2.75, 3.05) is 13.2 Å². The van der Waals surface area contributed by atoms with Crippen molar-refractivity contribution in [1.82, 2.24) is 0 Å². The molecule has 0 rings (SSSR count). The van der Waals surface area contributed by atoms with Crippen LogP contribution < -0.4 is 0 Å². The number of carbonyl (C=O) groups is 3. The Morgan fingerprint density at radius 2 is 0.514 bits per heavy atom. The summed E-state index contributed by atoms with van der Waals surface area (Å²) in [5, 5.41) is 0. The van der Waals surface area contributed by atoms with Gasteiger partial charge in [0.2, 0.25) is 0 Å². The van der Waals surface area contributed by atoms with Crippen molar-refractivity contribution in [3.8, 4) is 0 Å². The van der Waals surface area contributed by atoms with E-state index in [9.17, 15) is 14.4 Å². The van der Waals surface area contributed by atoms with E-state index in [1.165, 1.54) is 244 Å². The first-order chi connectivity index (χ1) is 34.5. The lowest BCUT2D eigenvalue weighted by atomic mass is 10.0. The first-order valence-corrected chi connectivity index (χ1v) is 31.3. The maximum Gasteiger partial charge on any atom is 0.306 e. The van der Waals surface area contributed by atoms with Crippen LogP contribution in [0.2, 0.25) is 0 Å². The van der Waals surface area contributed by atoms with Crippen molar-refractivity contribution in [3.63, 3.8) is 0 Å². The third kappa shape index (κ3) is 56.8. The molecule has 0 amide bonds. The van der Waals surface area contributed by atoms with Gasteiger partial charge in [-0.1, -0.05) is 302 Å². The molecule has 0 aliphatic carbocycles. The smallest absolute Gasteiger partial charge is 0.306 e. The number of esters is 3. The van der Waals surface area contributed by atoms with E-state index in [0.717, 1.165) is 64.2 Å². The van der Waals surface area contributed by atoms with Crippen LogP contribution in [0, 0.1) is 0 Å². The third-order valence-corrected chi connectivity index (χ3v) is 14.2. The van der Waals surface area contributed by atoms with Gasteiger partial charge < -0.3 is 14.2 Å². The lowest BCUT2D eigenvalue weighted by Gasteiger charge is -2.18. The molecule has 412 valence electrons. The summed E-state index contributed by atoms with van der Waals surface area (Å²) in [6, 6.07) is 0. The van der Waals surface area contributed by atoms with Crippen molar-refractivity contribution < 1.29 is 28.6 Å². The lowest BCUT2D eigenvalue weighted by molar-refractivity contribution is -0.167. The summed E-state index contributed by atoms with van der Waals surface area (Å²) >= 11 is 0. The van der Waals surface area contributed by atoms with Crippen molar-refractivity contribution >= 4 is 17.9 Å². The zero-order valence-corrected chi connectivity index (χ0v) is 47.3. The Kier molecular flexibility index (Phi) is 57.7. The maximum absolute atomic E-state index is 12.9. The second kappa shape index (κ2) is 59.5. The molecule has 6 nitrogen and oxygen atoms in total. The fourth-order valence-electron chi connectivity index (χ4n) is 9.48. The molecule has 1 unspecified atom stereocenters. The average Bonchev–Trinajstić information content (AvgIpc) is 3.36. The number of rotatable bonds is 58. The standard InChI is InChI=1S/C64H120O6/c1-4-7-10-13-16-19-22-24-26-28-30-31-32-33-35-36-38-40-42-45-48-51-54-57-63(66)69-60-61(59-68-62(65)56-53-50-47-44-21-18-15-12-9-6-3)70-64(67)58-55-52-49-46-43-41-39-37-34-29-27-25-23-20-17-14-11-8-5-2/h22,24,28,30,61H,4-21,23,25-27,29,31-60H2,1-3H3/b24-22-,30-28-. The van der Waals surface area contributed by atoms with Crippen LogP contribution in [0.4, 0.5) is 0 Å². The molecule has 70 heavy (non-hydrogen) atoms. The van der Waals surface area contributed by atoms with Gasteiger partial charge in [0.1, 0.15) is 13.2 Å². The quantitative estimate of drug-likeness (QED) is 0.0261. The molecule has 0 spiro atoms.